The second-order valence-corrected chi connectivity index (χ2v) is 9.54. The van der Waals surface area contributed by atoms with Crippen molar-refractivity contribution in [2.24, 2.45) is 0 Å². The lowest BCUT2D eigenvalue weighted by molar-refractivity contribution is 0.0751. The smallest absolute Gasteiger partial charge is 0.264 e. The van der Waals surface area contributed by atoms with Crippen LogP contribution in [0.5, 0.6) is 11.5 Å². The Hall–Kier alpha value is -4.11. The van der Waals surface area contributed by atoms with Crippen LogP contribution in [-0.2, 0) is 0 Å². The normalized spacial score (nSPS) is 15.0. The summed E-state index contributed by atoms with van der Waals surface area (Å²) in [5.74, 6) is 2.29. The molecular formula is C27H25N5O3S. The molecule has 2 aliphatic rings. The zero-order chi connectivity index (χ0) is 24.3. The second-order valence-electron chi connectivity index (χ2n) is 8.59. The fraction of sp³-hybridized carbons (Fsp3) is 0.222. The fourth-order valence-corrected chi connectivity index (χ4v) is 5.07. The molecule has 6 rings (SSSR count). The van der Waals surface area contributed by atoms with Crippen molar-refractivity contribution in [1.82, 2.24) is 15.1 Å². The van der Waals surface area contributed by atoms with Gasteiger partial charge < -0.3 is 24.6 Å². The van der Waals surface area contributed by atoms with Gasteiger partial charge in [-0.2, -0.15) is 0 Å². The molecular weight excluding hydrogens is 474 g/mol. The van der Waals surface area contributed by atoms with Crippen molar-refractivity contribution in [2.45, 2.75) is 0 Å². The highest BCUT2D eigenvalue weighted by molar-refractivity contribution is 7.12. The predicted molar refractivity (Wildman–Crippen MR) is 141 cm³/mol. The van der Waals surface area contributed by atoms with Crippen LogP contribution in [-0.4, -0.2) is 60.4 Å². The van der Waals surface area contributed by atoms with Crippen LogP contribution in [0.4, 0.5) is 17.2 Å². The van der Waals surface area contributed by atoms with Gasteiger partial charge in [-0.25, -0.2) is 0 Å². The number of rotatable bonds is 5. The second kappa shape index (κ2) is 9.87. The minimum Gasteiger partial charge on any atom is -0.486 e. The van der Waals surface area contributed by atoms with E-state index >= 15 is 0 Å². The minimum atomic E-state index is 0.130. The molecule has 0 saturated carbocycles. The summed E-state index contributed by atoms with van der Waals surface area (Å²) in [5, 5.41) is 14.0. The number of anilines is 3. The molecule has 4 heterocycles. The highest BCUT2D eigenvalue weighted by Crippen LogP contribution is 2.34. The highest BCUT2D eigenvalue weighted by Gasteiger charge is 2.23. The van der Waals surface area contributed by atoms with Crippen LogP contribution >= 0.6 is 11.3 Å². The third kappa shape index (κ3) is 4.70. The molecule has 0 unspecified atom stereocenters. The first-order valence-corrected chi connectivity index (χ1v) is 12.8. The number of fused-ring (bicyclic) bond motifs is 1. The number of hydrogen-bond acceptors (Lipinski definition) is 8. The molecule has 0 radical (unpaired) electrons. The van der Waals surface area contributed by atoms with E-state index in [1.54, 1.807) is 0 Å². The molecule has 182 valence electrons. The summed E-state index contributed by atoms with van der Waals surface area (Å²) in [6.07, 6.45) is 0. The van der Waals surface area contributed by atoms with E-state index in [9.17, 15) is 4.79 Å². The van der Waals surface area contributed by atoms with Crippen molar-refractivity contribution < 1.29 is 14.3 Å². The maximum Gasteiger partial charge on any atom is 0.264 e. The number of piperazine rings is 1. The molecule has 0 spiro atoms. The summed E-state index contributed by atoms with van der Waals surface area (Å²) in [5.41, 5.74) is 3.78. The van der Waals surface area contributed by atoms with Gasteiger partial charge in [-0.05, 0) is 66.0 Å². The third-order valence-corrected chi connectivity index (χ3v) is 7.16. The van der Waals surface area contributed by atoms with Gasteiger partial charge in [0.2, 0.25) is 0 Å². The third-order valence-electron chi connectivity index (χ3n) is 6.31. The number of ether oxygens (including phenoxy) is 2. The van der Waals surface area contributed by atoms with E-state index in [1.807, 2.05) is 64.9 Å². The highest BCUT2D eigenvalue weighted by atomic mass is 32.1. The number of thiophene rings is 1. The average molecular weight is 500 g/mol. The Balaban J connectivity index is 1.06. The van der Waals surface area contributed by atoms with Gasteiger partial charge in [-0.3, -0.25) is 4.79 Å². The van der Waals surface area contributed by atoms with Gasteiger partial charge >= 0.3 is 0 Å². The van der Waals surface area contributed by atoms with Crippen molar-refractivity contribution in [3.05, 3.63) is 77.0 Å². The molecule has 1 fully saturated rings. The number of aromatic nitrogens is 2. The van der Waals surface area contributed by atoms with Gasteiger partial charge in [0.1, 0.15) is 13.2 Å². The summed E-state index contributed by atoms with van der Waals surface area (Å²) in [7, 11) is 0. The van der Waals surface area contributed by atoms with E-state index in [1.165, 1.54) is 11.3 Å². The maximum atomic E-state index is 12.6. The summed E-state index contributed by atoms with van der Waals surface area (Å²) in [6, 6.07) is 21.7. The van der Waals surface area contributed by atoms with Gasteiger partial charge in [0, 0.05) is 43.1 Å². The Morgan fingerprint density at radius 2 is 1.67 bits per heavy atom. The van der Waals surface area contributed by atoms with Crippen LogP contribution in [0.25, 0.3) is 11.3 Å². The van der Waals surface area contributed by atoms with Gasteiger partial charge in [-0.1, -0.05) is 6.07 Å². The summed E-state index contributed by atoms with van der Waals surface area (Å²) >= 11 is 1.50. The molecule has 0 bridgehead atoms. The lowest BCUT2D eigenvalue weighted by Gasteiger charge is -2.36. The van der Waals surface area contributed by atoms with Crippen LogP contribution in [0.3, 0.4) is 0 Å². The molecule has 2 aromatic carbocycles. The molecule has 1 N–H and O–H groups in total. The molecule has 0 atom stereocenters. The predicted octanol–water partition coefficient (Wildman–Crippen LogP) is 4.68. The van der Waals surface area contributed by atoms with E-state index in [0.29, 0.717) is 19.0 Å². The van der Waals surface area contributed by atoms with E-state index < -0.39 is 0 Å². The van der Waals surface area contributed by atoms with E-state index in [-0.39, 0.29) is 5.91 Å². The summed E-state index contributed by atoms with van der Waals surface area (Å²) < 4.78 is 11.3. The van der Waals surface area contributed by atoms with Gasteiger partial charge in [-0.15, -0.1) is 21.5 Å². The number of amides is 1. The quantitative estimate of drug-likeness (QED) is 0.427. The molecule has 4 aromatic rings. The molecule has 8 nitrogen and oxygen atoms in total. The van der Waals surface area contributed by atoms with Gasteiger partial charge in [0.25, 0.3) is 5.91 Å². The number of nitrogens with zero attached hydrogens (tertiary/aromatic N) is 4. The number of carbonyl (C=O) groups excluding carboxylic acids is 1. The van der Waals surface area contributed by atoms with Crippen molar-refractivity contribution in [3.63, 3.8) is 0 Å². The van der Waals surface area contributed by atoms with Crippen molar-refractivity contribution >= 4 is 34.4 Å². The SMILES string of the molecule is O=C(c1cccs1)N1CCN(c2ccc(Nc3ccc(-c4ccc5c(c4)OCCO5)nn3)cc2)CC1. The van der Waals surface area contributed by atoms with E-state index in [0.717, 1.165) is 65.2 Å². The molecule has 9 heteroatoms. The lowest BCUT2D eigenvalue weighted by atomic mass is 10.1. The van der Waals surface area contributed by atoms with E-state index in [4.69, 9.17) is 9.47 Å². The molecule has 36 heavy (non-hydrogen) atoms. The minimum absolute atomic E-state index is 0.130. The average Bonchev–Trinajstić information content (AvgIpc) is 3.49. The Kier molecular flexibility index (Phi) is 6.13. The topological polar surface area (TPSA) is 79.8 Å². The summed E-state index contributed by atoms with van der Waals surface area (Å²) in [6.45, 7) is 4.20. The van der Waals surface area contributed by atoms with Gasteiger partial charge in [0.15, 0.2) is 17.3 Å². The van der Waals surface area contributed by atoms with Crippen molar-refractivity contribution in [2.75, 3.05) is 49.6 Å². The van der Waals surface area contributed by atoms with E-state index in [2.05, 4.69) is 32.5 Å². The van der Waals surface area contributed by atoms with Gasteiger partial charge in [0.05, 0.1) is 10.6 Å². The molecule has 1 amide bonds. The Labute approximate surface area is 213 Å². The fourth-order valence-electron chi connectivity index (χ4n) is 4.38. The Morgan fingerprint density at radius 1 is 0.861 bits per heavy atom. The zero-order valence-electron chi connectivity index (χ0n) is 19.6. The van der Waals surface area contributed by atoms with Crippen LogP contribution in [0, 0.1) is 0 Å². The monoisotopic (exact) mass is 499 g/mol. The standard InChI is InChI=1S/C27H25N5O3S/c33-27(25-2-1-17-36-25)32-13-11-31(12-14-32)21-6-4-20(5-7-21)28-26-10-8-22(29-30-26)19-3-9-23-24(18-19)35-16-15-34-23/h1-10,17-18H,11-16H2,(H,28,30). The largest absolute Gasteiger partial charge is 0.486 e. The Bertz CT molecular complexity index is 1340. The van der Waals surface area contributed by atoms with Crippen LogP contribution in [0.1, 0.15) is 9.67 Å². The molecule has 2 aromatic heterocycles. The molecule has 1 saturated heterocycles. The zero-order valence-corrected chi connectivity index (χ0v) is 20.4. The van der Waals surface area contributed by atoms with Crippen LogP contribution in [0.15, 0.2) is 72.1 Å². The first kappa shape index (κ1) is 22.4. The number of benzene rings is 2. The van der Waals surface area contributed by atoms with Crippen LogP contribution < -0.4 is 19.7 Å². The lowest BCUT2D eigenvalue weighted by Crippen LogP contribution is -2.48. The van der Waals surface area contributed by atoms with Crippen molar-refractivity contribution in [3.8, 4) is 22.8 Å². The van der Waals surface area contributed by atoms with Crippen molar-refractivity contribution in [1.29, 1.82) is 0 Å². The number of nitrogens with one attached hydrogen (secondary N) is 1. The number of hydrogen-bond donors (Lipinski definition) is 1. The first-order chi connectivity index (χ1) is 17.7. The number of carbonyl (C=O) groups is 1. The Morgan fingerprint density at radius 3 is 2.39 bits per heavy atom. The maximum absolute atomic E-state index is 12.6. The molecule has 2 aliphatic heterocycles. The molecule has 0 aliphatic carbocycles. The first-order valence-electron chi connectivity index (χ1n) is 11.9. The summed E-state index contributed by atoms with van der Waals surface area (Å²) in [4.78, 5) is 17.6. The van der Waals surface area contributed by atoms with Crippen LogP contribution in [0.2, 0.25) is 0 Å².